The van der Waals surface area contributed by atoms with Crippen LogP contribution in [0.5, 0.6) is 17.2 Å². The Hall–Kier alpha value is -2.50. The van der Waals surface area contributed by atoms with Crippen LogP contribution in [0.2, 0.25) is 0 Å². The Kier molecular flexibility index (Phi) is 3.29. The van der Waals surface area contributed by atoms with Crippen molar-refractivity contribution in [1.82, 2.24) is 0 Å². The summed E-state index contributed by atoms with van der Waals surface area (Å²) in [6.45, 7) is 0.556. The smallest absolute Gasteiger partial charge is 0.497 e. The number of hydrogen-bond donors (Lipinski definition) is 1. The van der Waals surface area contributed by atoms with E-state index in [0.717, 1.165) is 11.3 Å². The average molecular weight is 293 g/mol. The summed E-state index contributed by atoms with van der Waals surface area (Å²) in [4.78, 5) is 0. The predicted octanol–water partition coefficient (Wildman–Crippen LogP) is 3.63. The Labute approximate surface area is 120 Å². The number of nitrogens with one attached hydrogen (secondary N) is 1. The molecule has 1 heterocycles. The molecule has 6 heteroatoms. The Bertz CT molecular complexity index is 644. The van der Waals surface area contributed by atoms with Gasteiger partial charge in [0.25, 0.3) is 0 Å². The lowest BCUT2D eigenvalue weighted by molar-refractivity contribution is -0.286. The van der Waals surface area contributed by atoms with E-state index in [1.807, 2.05) is 24.3 Å². The van der Waals surface area contributed by atoms with E-state index in [1.165, 1.54) is 12.1 Å². The Morgan fingerprint density at radius 1 is 1.05 bits per heavy atom. The maximum Gasteiger partial charge on any atom is 0.586 e. The molecule has 0 saturated carbocycles. The first kappa shape index (κ1) is 13.5. The molecular formula is C15H13F2NO3. The molecule has 1 aliphatic heterocycles. The van der Waals surface area contributed by atoms with Gasteiger partial charge in [-0.2, -0.15) is 0 Å². The molecule has 0 bridgehead atoms. The van der Waals surface area contributed by atoms with Crippen molar-refractivity contribution in [3.8, 4) is 17.2 Å². The minimum absolute atomic E-state index is 0.0275. The van der Waals surface area contributed by atoms with Crippen LogP contribution >= 0.6 is 0 Å². The van der Waals surface area contributed by atoms with Gasteiger partial charge in [-0.05, 0) is 29.8 Å². The van der Waals surface area contributed by atoms with Gasteiger partial charge in [-0.25, -0.2) is 0 Å². The molecule has 1 aliphatic rings. The molecule has 4 nitrogen and oxygen atoms in total. The third kappa shape index (κ3) is 2.99. The molecule has 2 aromatic carbocycles. The first-order chi connectivity index (χ1) is 10.1. The van der Waals surface area contributed by atoms with Crippen molar-refractivity contribution in [3.63, 3.8) is 0 Å². The molecule has 1 N–H and O–H groups in total. The SMILES string of the molecule is COc1ccc(CNc2ccc3c(c2)OC(F)(F)O3)cc1. The predicted molar refractivity (Wildman–Crippen MR) is 73.0 cm³/mol. The molecule has 110 valence electrons. The van der Waals surface area contributed by atoms with Crippen LogP contribution in [0.1, 0.15) is 5.56 Å². The molecule has 0 atom stereocenters. The number of fused-ring (bicyclic) bond motifs is 1. The number of ether oxygens (including phenoxy) is 3. The molecule has 0 aliphatic carbocycles. The van der Waals surface area contributed by atoms with Crippen LogP contribution in [0.4, 0.5) is 14.5 Å². The second kappa shape index (κ2) is 5.12. The van der Waals surface area contributed by atoms with E-state index in [9.17, 15) is 8.78 Å². The second-order valence-corrected chi connectivity index (χ2v) is 4.53. The zero-order valence-corrected chi connectivity index (χ0v) is 11.2. The lowest BCUT2D eigenvalue weighted by Crippen LogP contribution is -2.25. The van der Waals surface area contributed by atoms with E-state index in [1.54, 1.807) is 13.2 Å². The third-order valence-electron chi connectivity index (χ3n) is 3.06. The summed E-state index contributed by atoms with van der Waals surface area (Å²) in [5.41, 5.74) is 1.71. The largest absolute Gasteiger partial charge is 0.586 e. The van der Waals surface area contributed by atoms with Gasteiger partial charge < -0.3 is 19.5 Å². The zero-order chi connectivity index (χ0) is 14.9. The lowest BCUT2D eigenvalue weighted by Gasteiger charge is -2.08. The van der Waals surface area contributed by atoms with Crippen molar-refractivity contribution in [2.24, 2.45) is 0 Å². The molecule has 0 fully saturated rings. The minimum atomic E-state index is -3.59. The molecule has 0 radical (unpaired) electrons. The quantitative estimate of drug-likeness (QED) is 0.934. The zero-order valence-electron chi connectivity index (χ0n) is 11.2. The van der Waals surface area contributed by atoms with E-state index < -0.39 is 6.29 Å². The summed E-state index contributed by atoms with van der Waals surface area (Å²) < 4.78 is 39.7. The Morgan fingerprint density at radius 3 is 2.48 bits per heavy atom. The molecule has 0 spiro atoms. The number of benzene rings is 2. The molecule has 0 amide bonds. The molecule has 0 saturated heterocycles. The van der Waals surface area contributed by atoms with Crippen LogP contribution in [0, 0.1) is 0 Å². The maximum atomic E-state index is 12.9. The topological polar surface area (TPSA) is 39.7 Å². The molecule has 21 heavy (non-hydrogen) atoms. The van der Waals surface area contributed by atoms with E-state index in [2.05, 4.69) is 14.8 Å². The van der Waals surface area contributed by atoms with Crippen LogP contribution in [0.3, 0.4) is 0 Å². The highest BCUT2D eigenvalue weighted by Gasteiger charge is 2.43. The summed E-state index contributed by atoms with van der Waals surface area (Å²) in [6.07, 6.45) is -3.59. The fraction of sp³-hybridized carbons (Fsp3) is 0.200. The first-order valence-electron chi connectivity index (χ1n) is 6.32. The van der Waals surface area contributed by atoms with Gasteiger partial charge in [0.1, 0.15) is 5.75 Å². The van der Waals surface area contributed by atoms with Crippen molar-refractivity contribution in [2.45, 2.75) is 12.8 Å². The average Bonchev–Trinajstić information content (AvgIpc) is 2.78. The van der Waals surface area contributed by atoms with Crippen molar-refractivity contribution in [2.75, 3.05) is 12.4 Å². The number of halogens is 2. The van der Waals surface area contributed by atoms with Gasteiger partial charge in [-0.3, -0.25) is 0 Å². The second-order valence-electron chi connectivity index (χ2n) is 4.53. The van der Waals surface area contributed by atoms with Gasteiger partial charge in [0, 0.05) is 18.3 Å². The van der Waals surface area contributed by atoms with Crippen molar-refractivity contribution < 1.29 is 23.0 Å². The molecule has 3 rings (SSSR count). The summed E-state index contributed by atoms with van der Waals surface area (Å²) in [6, 6.07) is 12.2. The Morgan fingerprint density at radius 2 is 1.76 bits per heavy atom. The summed E-state index contributed by atoms with van der Waals surface area (Å²) in [5.74, 6) is 0.846. The third-order valence-corrected chi connectivity index (χ3v) is 3.06. The normalized spacial score (nSPS) is 14.8. The molecule has 0 unspecified atom stereocenters. The number of anilines is 1. The highest BCUT2D eigenvalue weighted by Crippen LogP contribution is 2.42. The van der Waals surface area contributed by atoms with Crippen LogP contribution in [-0.2, 0) is 6.54 Å². The van der Waals surface area contributed by atoms with E-state index >= 15 is 0 Å². The van der Waals surface area contributed by atoms with Crippen LogP contribution in [0.25, 0.3) is 0 Å². The highest BCUT2D eigenvalue weighted by molar-refractivity contribution is 5.56. The summed E-state index contributed by atoms with van der Waals surface area (Å²) >= 11 is 0. The number of alkyl halides is 2. The van der Waals surface area contributed by atoms with Gasteiger partial charge in [0.2, 0.25) is 0 Å². The van der Waals surface area contributed by atoms with Crippen molar-refractivity contribution >= 4 is 5.69 Å². The van der Waals surface area contributed by atoms with Crippen molar-refractivity contribution in [1.29, 1.82) is 0 Å². The number of hydrogen-bond acceptors (Lipinski definition) is 4. The van der Waals surface area contributed by atoms with Gasteiger partial charge in [-0.1, -0.05) is 12.1 Å². The summed E-state index contributed by atoms with van der Waals surface area (Å²) in [5, 5.41) is 3.13. The van der Waals surface area contributed by atoms with Gasteiger partial charge in [0.15, 0.2) is 11.5 Å². The lowest BCUT2D eigenvalue weighted by atomic mass is 10.2. The monoisotopic (exact) mass is 293 g/mol. The first-order valence-corrected chi connectivity index (χ1v) is 6.32. The van der Waals surface area contributed by atoms with Crippen LogP contribution in [0.15, 0.2) is 42.5 Å². The molecule has 0 aromatic heterocycles. The van der Waals surface area contributed by atoms with Gasteiger partial charge in [0.05, 0.1) is 7.11 Å². The molecule has 2 aromatic rings. The van der Waals surface area contributed by atoms with E-state index in [4.69, 9.17) is 4.74 Å². The summed E-state index contributed by atoms with van der Waals surface area (Å²) in [7, 11) is 1.61. The van der Waals surface area contributed by atoms with Crippen LogP contribution in [-0.4, -0.2) is 13.4 Å². The Balaban J connectivity index is 1.66. The number of rotatable bonds is 4. The number of methoxy groups -OCH3 is 1. The highest BCUT2D eigenvalue weighted by atomic mass is 19.3. The molecular weight excluding hydrogens is 280 g/mol. The fourth-order valence-corrected chi connectivity index (χ4v) is 2.01. The minimum Gasteiger partial charge on any atom is -0.497 e. The van der Waals surface area contributed by atoms with Gasteiger partial charge in [-0.15, -0.1) is 8.78 Å². The van der Waals surface area contributed by atoms with E-state index in [-0.39, 0.29) is 11.5 Å². The standard InChI is InChI=1S/C15H13F2NO3/c1-19-12-5-2-10(3-6-12)9-18-11-4-7-13-14(8-11)21-15(16,17)20-13/h2-8,18H,9H2,1H3. The van der Waals surface area contributed by atoms with E-state index in [0.29, 0.717) is 12.2 Å². The van der Waals surface area contributed by atoms with Gasteiger partial charge >= 0.3 is 6.29 Å². The fourth-order valence-electron chi connectivity index (χ4n) is 2.01. The van der Waals surface area contributed by atoms with Crippen LogP contribution < -0.4 is 19.5 Å². The van der Waals surface area contributed by atoms with Crippen molar-refractivity contribution in [3.05, 3.63) is 48.0 Å². The maximum absolute atomic E-state index is 12.9.